The lowest BCUT2D eigenvalue weighted by Gasteiger charge is -2.07. The summed E-state index contributed by atoms with van der Waals surface area (Å²) in [6, 6.07) is 5.32. The Morgan fingerprint density at radius 1 is 1.50 bits per heavy atom. The molecule has 0 aliphatic rings. The van der Waals surface area contributed by atoms with Crippen LogP contribution in [0.15, 0.2) is 24.4 Å². The van der Waals surface area contributed by atoms with Crippen LogP contribution in [0.4, 0.5) is 11.4 Å². The van der Waals surface area contributed by atoms with Gasteiger partial charge in [-0.3, -0.25) is 9.48 Å². The number of nitrogen functional groups attached to an aromatic ring is 1. The first-order valence-corrected chi connectivity index (χ1v) is 5.72. The van der Waals surface area contributed by atoms with E-state index in [1.54, 1.807) is 19.2 Å². The zero-order valence-electron chi connectivity index (χ0n) is 10.1. The topological polar surface area (TPSA) is 72.9 Å². The van der Waals surface area contributed by atoms with E-state index in [9.17, 15) is 4.79 Å². The summed E-state index contributed by atoms with van der Waals surface area (Å²) < 4.78 is 1.43. The Labute approximate surface area is 110 Å². The molecule has 1 heterocycles. The first-order valence-electron chi connectivity index (χ1n) is 5.34. The number of anilines is 2. The molecule has 3 N–H and O–H groups in total. The summed E-state index contributed by atoms with van der Waals surface area (Å²) in [5.74, 6) is -0.313. The number of rotatable bonds is 2. The molecule has 1 amide bonds. The van der Waals surface area contributed by atoms with Gasteiger partial charge in [0, 0.05) is 17.8 Å². The number of carbonyl (C=O) groups is 1. The highest BCUT2D eigenvalue weighted by atomic mass is 35.5. The highest BCUT2D eigenvalue weighted by molar-refractivity contribution is 6.31. The van der Waals surface area contributed by atoms with Crippen molar-refractivity contribution in [2.24, 2.45) is 7.05 Å². The number of hydrogen-bond acceptors (Lipinski definition) is 3. The fourth-order valence-corrected chi connectivity index (χ4v) is 1.77. The Hall–Kier alpha value is -2.01. The molecule has 2 rings (SSSR count). The lowest BCUT2D eigenvalue weighted by Crippen LogP contribution is -2.17. The third kappa shape index (κ3) is 2.31. The third-order valence-electron chi connectivity index (χ3n) is 2.61. The van der Waals surface area contributed by atoms with Gasteiger partial charge in [0.25, 0.3) is 5.91 Å². The number of aromatic nitrogens is 2. The monoisotopic (exact) mass is 264 g/mol. The van der Waals surface area contributed by atoms with Gasteiger partial charge in [-0.25, -0.2) is 0 Å². The van der Waals surface area contributed by atoms with Crippen molar-refractivity contribution >= 4 is 28.9 Å². The summed E-state index contributed by atoms with van der Waals surface area (Å²) in [7, 11) is 1.66. The van der Waals surface area contributed by atoms with Crippen LogP contribution in [0.2, 0.25) is 5.02 Å². The van der Waals surface area contributed by atoms with Crippen LogP contribution in [-0.2, 0) is 7.05 Å². The van der Waals surface area contributed by atoms with E-state index in [-0.39, 0.29) is 5.91 Å². The van der Waals surface area contributed by atoms with Crippen molar-refractivity contribution in [2.45, 2.75) is 6.92 Å². The van der Waals surface area contributed by atoms with Gasteiger partial charge in [-0.05, 0) is 24.6 Å². The van der Waals surface area contributed by atoms with Gasteiger partial charge in [-0.15, -0.1) is 0 Å². The average Bonchev–Trinajstić information content (AvgIpc) is 2.64. The number of aryl methyl sites for hydroxylation is 2. The molecular weight excluding hydrogens is 252 g/mol. The van der Waals surface area contributed by atoms with Crippen molar-refractivity contribution in [1.82, 2.24) is 9.78 Å². The van der Waals surface area contributed by atoms with Crippen molar-refractivity contribution in [3.05, 3.63) is 40.7 Å². The van der Waals surface area contributed by atoms with Crippen molar-refractivity contribution < 1.29 is 4.79 Å². The van der Waals surface area contributed by atoms with Crippen molar-refractivity contribution in [3.8, 4) is 0 Å². The fraction of sp³-hybridized carbons (Fsp3) is 0.167. The van der Waals surface area contributed by atoms with Gasteiger partial charge in [-0.2, -0.15) is 5.10 Å². The molecule has 0 saturated heterocycles. The Morgan fingerprint density at radius 2 is 2.22 bits per heavy atom. The second-order valence-corrected chi connectivity index (χ2v) is 4.40. The van der Waals surface area contributed by atoms with E-state index in [4.69, 9.17) is 17.3 Å². The molecule has 6 heteroatoms. The minimum atomic E-state index is -0.313. The summed E-state index contributed by atoms with van der Waals surface area (Å²) in [5.41, 5.74) is 7.92. The summed E-state index contributed by atoms with van der Waals surface area (Å²) >= 11 is 5.99. The molecular formula is C12H13ClN4O. The summed E-state index contributed by atoms with van der Waals surface area (Å²) in [6.07, 6.45) is 1.44. The van der Waals surface area contributed by atoms with Crippen LogP contribution >= 0.6 is 11.6 Å². The number of hydrogen-bond donors (Lipinski definition) is 2. The van der Waals surface area contributed by atoms with Crippen LogP contribution in [0.1, 0.15) is 16.1 Å². The first kappa shape index (κ1) is 12.4. The van der Waals surface area contributed by atoms with Crippen molar-refractivity contribution in [1.29, 1.82) is 0 Å². The Kier molecular flexibility index (Phi) is 3.25. The molecule has 0 spiro atoms. The molecule has 0 bridgehead atoms. The van der Waals surface area contributed by atoms with Gasteiger partial charge >= 0.3 is 0 Å². The number of benzene rings is 1. The lowest BCUT2D eigenvalue weighted by atomic mass is 10.2. The van der Waals surface area contributed by atoms with E-state index in [1.807, 2.05) is 13.0 Å². The Balaban J connectivity index is 2.24. The van der Waals surface area contributed by atoms with Crippen LogP contribution in [0, 0.1) is 6.92 Å². The van der Waals surface area contributed by atoms with Crippen LogP contribution in [0.5, 0.6) is 0 Å². The molecule has 2 aromatic rings. The molecule has 5 nitrogen and oxygen atoms in total. The van der Waals surface area contributed by atoms with E-state index in [1.165, 1.54) is 10.9 Å². The minimum absolute atomic E-state index is 0.313. The number of nitrogens with zero attached hydrogens (tertiary/aromatic N) is 2. The maximum Gasteiger partial charge on any atom is 0.276 e. The maximum atomic E-state index is 12.0. The van der Waals surface area contributed by atoms with Gasteiger partial charge in [0.15, 0.2) is 0 Å². The van der Waals surface area contributed by atoms with Crippen LogP contribution in [-0.4, -0.2) is 15.7 Å². The molecule has 18 heavy (non-hydrogen) atoms. The molecule has 0 atom stereocenters. The molecule has 0 aliphatic carbocycles. The average molecular weight is 265 g/mol. The summed E-state index contributed by atoms with van der Waals surface area (Å²) in [4.78, 5) is 12.0. The van der Waals surface area contributed by atoms with E-state index in [0.717, 1.165) is 5.56 Å². The fourth-order valence-electron chi connectivity index (χ4n) is 1.59. The minimum Gasteiger partial charge on any atom is -0.396 e. The quantitative estimate of drug-likeness (QED) is 0.873. The molecule has 0 unspecified atom stereocenters. The predicted octanol–water partition coefficient (Wildman–Crippen LogP) is 2.22. The van der Waals surface area contributed by atoms with E-state index >= 15 is 0 Å². The lowest BCUT2D eigenvalue weighted by molar-refractivity contribution is 0.101. The number of halogens is 1. The zero-order valence-corrected chi connectivity index (χ0v) is 10.8. The van der Waals surface area contributed by atoms with Crippen molar-refractivity contribution in [2.75, 3.05) is 11.1 Å². The standard InChI is InChI=1S/C12H13ClN4O/c1-7-3-4-8(5-9(7)13)16-12(18)11-10(14)6-15-17(11)2/h3-6H,14H2,1-2H3,(H,16,18). The van der Waals surface area contributed by atoms with Crippen LogP contribution in [0.25, 0.3) is 0 Å². The Bertz CT molecular complexity index is 587. The highest BCUT2D eigenvalue weighted by Crippen LogP contribution is 2.21. The molecule has 0 saturated carbocycles. The molecule has 1 aromatic carbocycles. The summed E-state index contributed by atoms with van der Waals surface area (Å²) in [6.45, 7) is 1.90. The van der Waals surface area contributed by atoms with Crippen LogP contribution in [0.3, 0.4) is 0 Å². The molecule has 1 aromatic heterocycles. The first-order chi connectivity index (χ1) is 8.49. The van der Waals surface area contributed by atoms with Gasteiger partial charge in [0.2, 0.25) is 0 Å². The highest BCUT2D eigenvalue weighted by Gasteiger charge is 2.15. The van der Waals surface area contributed by atoms with E-state index in [2.05, 4.69) is 10.4 Å². The van der Waals surface area contributed by atoms with Gasteiger partial charge in [-0.1, -0.05) is 17.7 Å². The van der Waals surface area contributed by atoms with Gasteiger partial charge in [0.05, 0.1) is 11.9 Å². The van der Waals surface area contributed by atoms with Crippen LogP contribution < -0.4 is 11.1 Å². The molecule has 0 fully saturated rings. The SMILES string of the molecule is Cc1ccc(NC(=O)c2c(N)cnn2C)cc1Cl. The largest absolute Gasteiger partial charge is 0.396 e. The maximum absolute atomic E-state index is 12.0. The number of nitrogens with one attached hydrogen (secondary N) is 1. The molecule has 94 valence electrons. The van der Waals surface area contributed by atoms with E-state index in [0.29, 0.717) is 22.1 Å². The second kappa shape index (κ2) is 4.70. The number of amides is 1. The number of nitrogens with two attached hydrogens (primary N) is 1. The normalized spacial score (nSPS) is 10.4. The smallest absolute Gasteiger partial charge is 0.276 e. The predicted molar refractivity (Wildman–Crippen MR) is 71.8 cm³/mol. The third-order valence-corrected chi connectivity index (χ3v) is 3.02. The Morgan fingerprint density at radius 3 is 2.78 bits per heavy atom. The molecule has 0 radical (unpaired) electrons. The second-order valence-electron chi connectivity index (χ2n) is 3.99. The van der Waals surface area contributed by atoms with E-state index < -0.39 is 0 Å². The summed E-state index contributed by atoms with van der Waals surface area (Å²) in [5, 5.41) is 7.25. The van der Waals surface area contributed by atoms with Crippen molar-refractivity contribution in [3.63, 3.8) is 0 Å². The molecule has 0 aliphatic heterocycles. The number of carbonyl (C=O) groups excluding carboxylic acids is 1. The van der Waals surface area contributed by atoms with Gasteiger partial charge < -0.3 is 11.1 Å². The van der Waals surface area contributed by atoms with Gasteiger partial charge in [0.1, 0.15) is 5.69 Å². The zero-order chi connectivity index (χ0) is 13.3.